The first-order chi connectivity index (χ1) is 12.2. The van der Waals surface area contributed by atoms with Gasteiger partial charge in [-0.15, -0.1) is 0 Å². The Morgan fingerprint density at radius 3 is 2.92 bits per heavy atom. The Hall–Kier alpha value is -2.66. The first-order valence-electron chi connectivity index (χ1n) is 8.73. The summed E-state index contributed by atoms with van der Waals surface area (Å²) in [7, 11) is 0. The Kier molecular flexibility index (Phi) is 3.18. The highest BCUT2D eigenvalue weighted by atomic mass is 16.3. The molecule has 5 rings (SSSR count). The molecule has 3 aromatic rings. The molecule has 1 saturated heterocycles. The van der Waals surface area contributed by atoms with Crippen molar-refractivity contribution in [2.24, 2.45) is 5.92 Å². The summed E-state index contributed by atoms with van der Waals surface area (Å²) in [6.45, 7) is 2.73. The highest BCUT2D eigenvalue weighted by Crippen LogP contribution is 2.33. The molecule has 2 N–H and O–H groups in total. The van der Waals surface area contributed by atoms with E-state index in [2.05, 4.69) is 16.4 Å². The van der Waals surface area contributed by atoms with E-state index in [-0.39, 0.29) is 11.3 Å². The second kappa shape index (κ2) is 5.43. The maximum absolute atomic E-state index is 12.7. The number of nitrogens with zero attached hydrogens (tertiary/aromatic N) is 2. The molecule has 4 heterocycles. The van der Waals surface area contributed by atoms with Crippen molar-refractivity contribution in [2.45, 2.75) is 18.9 Å². The Bertz CT molecular complexity index is 1040. The van der Waals surface area contributed by atoms with Crippen molar-refractivity contribution in [1.29, 1.82) is 0 Å². The van der Waals surface area contributed by atoms with E-state index in [1.165, 1.54) is 0 Å². The van der Waals surface area contributed by atoms with Gasteiger partial charge in [0.15, 0.2) is 0 Å². The number of pyridine rings is 2. The number of phenolic OH excluding ortho intramolecular Hbond substituents is 1. The van der Waals surface area contributed by atoms with Crippen molar-refractivity contribution in [3.8, 4) is 17.0 Å². The van der Waals surface area contributed by atoms with E-state index in [4.69, 9.17) is 0 Å². The van der Waals surface area contributed by atoms with Gasteiger partial charge in [-0.1, -0.05) is 6.07 Å². The van der Waals surface area contributed by atoms with Gasteiger partial charge in [0, 0.05) is 47.8 Å². The van der Waals surface area contributed by atoms with Crippen molar-refractivity contribution in [3.05, 3.63) is 58.5 Å². The molecule has 1 fully saturated rings. The maximum atomic E-state index is 12.7. The van der Waals surface area contributed by atoms with E-state index in [9.17, 15) is 9.90 Å². The fraction of sp³-hybridized carbons (Fsp3) is 0.300. The van der Waals surface area contributed by atoms with Crippen LogP contribution < -0.4 is 10.9 Å². The number of nitrogens with one attached hydrogen (secondary N) is 1. The number of rotatable bonds is 1. The molecule has 126 valence electrons. The summed E-state index contributed by atoms with van der Waals surface area (Å²) in [5.41, 5.74) is 3.52. The zero-order valence-corrected chi connectivity index (χ0v) is 13.8. The van der Waals surface area contributed by atoms with Crippen LogP contribution >= 0.6 is 0 Å². The minimum absolute atomic E-state index is 0.0573. The van der Waals surface area contributed by atoms with Gasteiger partial charge in [0.1, 0.15) is 5.75 Å². The fourth-order valence-electron chi connectivity index (χ4n) is 4.22. The normalized spacial score (nSPS) is 21.9. The second-order valence-electron chi connectivity index (χ2n) is 7.15. The summed E-state index contributed by atoms with van der Waals surface area (Å²) < 4.78 is 1.94. The third kappa shape index (κ3) is 2.43. The summed E-state index contributed by atoms with van der Waals surface area (Å²) in [5, 5.41) is 14.1. The molecule has 1 aromatic carbocycles. The quantitative estimate of drug-likeness (QED) is 0.718. The van der Waals surface area contributed by atoms with E-state index in [0.717, 1.165) is 53.9 Å². The Morgan fingerprint density at radius 1 is 1.12 bits per heavy atom. The van der Waals surface area contributed by atoms with Crippen LogP contribution in [0.15, 0.2) is 47.3 Å². The summed E-state index contributed by atoms with van der Waals surface area (Å²) in [6, 6.07) is 12.9. The standard InChI is InChI=1S/C20H19N3O2/c24-16-3-1-13-2-4-17(22-18(13)8-16)14-6-19-15-5-12(9-21-10-15)11-23(19)20(25)7-14/h1-4,6-8,12,15,21,24H,5,9-11H2/t12-,15+/m0/s1. The van der Waals surface area contributed by atoms with E-state index in [1.807, 2.05) is 22.8 Å². The second-order valence-corrected chi connectivity index (χ2v) is 7.15. The lowest BCUT2D eigenvalue weighted by molar-refractivity contribution is 0.257. The molecule has 25 heavy (non-hydrogen) atoms. The molecular weight excluding hydrogens is 314 g/mol. The van der Waals surface area contributed by atoms with Crippen LogP contribution in [-0.4, -0.2) is 27.7 Å². The van der Waals surface area contributed by atoms with Crippen molar-refractivity contribution in [3.63, 3.8) is 0 Å². The molecule has 2 aliphatic rings. The van der Waals surface area contributed by atoms with Gasteiger partial charge in [-0.05, 0) is 43.1 Å². The molecule has 2 bridgehead atoms. The van der Waals surface area contributed by atoms with Crippen LogP contribution in [0, 0.1) is 5.92 Å². The van der Waals surface area contributed by atoms with Crippen molar-refractivity contribution in [2.75, 3.05) is 13.1 Å². The Morgan fingerprint density at radius 2 is 2.00 bits per heavy atom. The van der Waals surface area contributed by atoms with Gasteiger partial charge in [-0.25, -0.2) is 4.98 Å². The zero-order valence-electron chi connectivity index (χ0n) is 13.8. The van der Waals surface area contributed by atoms with Crippen LogP contribution in [-0.2, 0) is 6.54 Å². The molecule has 0 aliphatic carbocycles. The van der Waals surface area contributed by atoms with Gasteiger partial charge in [0.2, 0.25) is 0 Å². The molecule has 5 nitrogen and oxygen atoms in total. The minimum Gasteiger partial charge on any atom is -0.508 e. The lowest BCUT2D eigenvalue weighted by atomic mass is 9.83. The predicted molar refractivity (Wildman–Crippen MR) is 96.8 cm³/mol. The number of hydrogen-bond acceptors (Lipinski definition) is 4. The van der Waals surface area contributed by atoms with Crippen LogP contribution in [0.3, 0.4) is 0 Å². The number of hydrogen-bond donors (Lipinski definition) is 2. The molecule has 2 aromatic heterocycles. The SMILES string of the molecule is O=c1cc(-c2ccc3ccc(O)cc3n2)cc2n1C[C@@H]1CNC[C@H]2C1. The summed E-state index contributed by atoms with van der Waals surface area (Å²) >= 11 is 0. The minimum atomic E-state index is 0.0573. The van der Waals surface area contributed by atoms with Gasteiger partial charge in [0.05, 0.1) is 11.2 Å². The number of aromatic hydroxyl groups is 1. The number of phenols is 1. The largest absolute Gasteiger partial charge is 0.508 e. The van der Waals surface area contributed by atoms with E-state index < -0.39 is 0 Å². The fourth-order valence-corrected chi connectivity index (χ4v) is 4.22. The summed E-state index contributed by atoms with van der Waals surface area (Å²) in [6.07, 6.45) is 1.15. The number of fused-ring (bicyclic) bond motifs is 5. The average Bonchev–Trinajstić information content (AvgIpc) is 2.62. The molecule has 2 aliphatic heterocycles. The molecule has 0 unspecified atom stereocenters. The van der Waals surface area contributed by atoms with E-state index in [1.54, 1.807) is 18.2 Å². The summed E-state index contributed by atoms with van der Waals surface area (Å²) in [5.74, 6) is 1.14. The number of aromatic nitrogens is 2. The van der Waals surface area contributed by atoms with Crippen LogP contribution in [0.4, 0.5) is 0 Å². The molecule has 0 spiro atoms. The number of piperidine rings is 1. The summed E-state index contributed by atoms with van der Waals surface area (Å²) in [4.78, 5) is 17.3. The van der Waals surface area contributed by atoms with Crippen molar-refractivity contribution >= 4 is 10.9 Å². The molecule has 0 radical (unpaired) electrons. The molecule has 2 atom stereocenters. The lowest BCUT2D eigenvalue weighted by Crippen LogP contribution is -2.44. The highest BCUT2D eigenvalue weighted by Gasteiger charge is 2.31. The molecule has 0 saturated carbocycles. The topological polar surface area (TPSA) is 67.1 Å². The lowest BCUT2D eigenvalue weighted by Gasteiger charge is -2.37. The first-order valence-corrected chi connectivity index (χ1v) is 8.73. The van der Waals surface area contributed by atoms with Crippen LogP contribution in [0.25, 0.3) is 22.2 Å². The van der Waals surface area contributed by atoms with Gasteiger partial charge in [-0.3, -0.25) is 4.79 Å². The molecular formula is C20H19N3O2. The van der Waals surface area contributed by atoms with Crippen LogP contribution in [0.2, 0.25) is 0 Å². The highest BCUT2D eigenvalue weighted by molar-refractivity contribution is 5.82. The third-order valence-electron chi connectivity index (χ3n) is 5.43. The zero-order chi connectivity index (χ0) is 17.0. The van der Waals surface area contributed by atoms with Gasteiger partial charge in [0.25, 0.3) is 5.56 Å². The van der Waals surface area contributed by atoms with Gasteiger partial charge in [-0.2, -0.15) is 0 Å². The van der Waals surface area contributed by atoms with Crippen molar-refractivity contribution < 1.29 is 5.11 Å². The first kappa shape index (κ1) is 14.7. The average molecular weight is 333 g/mol. The van der Waals surface area contributed by atoms with Gasteiger partial charge < -0.3 is 15.0 Å². The monoisotopic (exact) mass is 333 g/mol. The van der Waals surface area contributed by atoms with E-state index >= 15 is 0 Å². The molecule has 0 amide bonds. The van der Waals surface area contributed by atoms with Crippen LogP contribution in [0.1, 0.15) is 18.0 Å². The smallest absolute Gasteiger partial charge is 0.251 e. The Labute approximate surface area is 145 Å². The van der Waals surface area contributed by atoms with Crippen LogP contribution in [0.5, 0.6) is 5.75 Å². The van der Waals surface area contributed by atoms with E-state index in [0.29, 0.717) is 11.8 Å². The van der Waals surface area contributed by atoms with Crippen molar-refractivity contribution in [1.82, 2.24) is 14.9 Å². The third-order valence-corrected chi connectivity index (χ3v) is 5.43. The number of benzene rings is 1. The maximum Gasteiger partial charge on any atom is 0.251 e. The Balaban J connectivity index is 1.65. The predicted octanol–water partition coefficient (Wildman–Crippen LogP) is 2.48. The molecule has 5 heteroatoms. The van der Waals surface area contributed by atoms with Gasteiger partial charge >= 0.3 is 0 Å².